The van der Waals surface area contributed by atoms with Crippen molar-refractivity contribution in [1.82, 2.24) is 0 Å². The Morgan fingerprint density at radius 3 is 1.54 bits per heavy atom. The molecule has 0 aliphatic rings. The molecule has 0 bridgehead atoms. The summed E-state index contributed by atoms with van der Waals surface area (Å²) in [5, 5.41) is 35.3. The van der Waals surface area contributed by atoms with Gasteiger partial charge < -0.3 is 10.2 Å². The first-order valence-corrected chi connectivity index (χ1v) is 3.72. The molecule has 0 aliphatic heterocycles. The molecular formula is C4H9BrN2O6. The summed E-state index contributed by atoms with van der Waals surface area (Å²) in [4.78, 5) is 17.4. The third-order valence-electron chi connectivity index (χ3n) is 0.812. The number of nitrogens with zero attached hydrogens (tertiary/aromatic N) is 2. The van der Waals surface area contributed by atoms with Crippen molar-refractivity contribution in [3.05, 3.63) is 20.2 Å². The molecule has 13 heavy (non-hydrogen) atoms. The fourth-order valence-corrected chi connectivity index (χ4v) is 0.165. The Labute approximate surface area is 81.6 Å². The van der Waals surface area contributed by atoms with Crippen LogP contribution in [-0.2, 0) is 0 Å². The number of aliphatic hydroxyl groups is 2. The quantitative estimate of drug-likeness (QED) is 0.297. The van der Waals surface area contributed by atoms with Crippen molar-refractivity contribution in [2.75, 3.05) is 20.3 Å². The van der Waals surface area contributed by atoms with Gasteiger partial charge in [-0.05, 0) is 0 Å². The second-order valence-electron chi connectivity index (χ2n) is 1.93. The van der Waals surface area contributed by atoms with Crippen LogP contribution < -0.4 is 0 Å². The zero-order valence-corrected chi connectivity index (χ0v) is 8.30. The molecule has 0 saturated heterocycles. The van der Waals surface area contributed by atoms with E-state index < -0.39 is 27.5 Å². The van der Waals surface area contributed by atoms with Gasteiger partial charge in [-0.1, -0.05) is 0 Å². The van der Waals surface area contributed by atoms with E-state index in [1.807, 2.05) is 0 Å². The summed E-state index contributed by atoms with van der Waals surface area (Å²) < 4.78 is -1.77. The first kappa shape index (κ1) is 14.7. The topological polar surface area (TPSA) is 127 Å². The SMILES string of the molecule is C[N+](=O)[O-].O=[N+]([O-])C(Br)(CO)CO. The van der Waals surface area contributed by atoms with Crippen LogP contribution in [-0.4, -0.2) is 44.8 Å². The van der Waals surface area contributed by atoms with Crippen molar-refractivity contribution in [2.45, 2.75) is 4.45 Å². The predicted molar refractivity (Wildman–Crippen MR) is 45.7 cm³/mol. The Hall–Kier alpha value is -0.800. The maximum atomic E-state index is 9.92. The first-order chi connectivity index (χ1) is 5.80. The molecule has 8 nitrogen and oxygen atoms in total. The van der Waals surface area contributed by atoms with E-state index in [4.69, 9.17) is 20.3 Å². The van der Waals surface area contributed by atoms with Gasteiger partial charge in [0.1, 0.15) is 13.2 Å². The smallest absolute Gasteiger partial charge is 0.319 e. The highest BCUT2D eigenvalue weighted by molar-refractivity contribution is 9.10. The summed E-state index contributed by atoms with van der Waals surface area (Å²) in [7, 11) is 0.889. The molecule has 0 spiro atoms. The van der Waals surface area contributed by atoms with Gasteiger partial charge in [0.05, 0.1) is 0 Å². The van der Waals surface area contributed by atoms with Crippen LogP contribution >= 0.6 is 15.9 Å². The van der Waals surface area contributed by atoms with Gasteiger partial charge in [-0.3, -0.25) is 20.2 Å². The zero-order chi connectivity index (χ0) is 11.1. The Balaban J connectivity index is 0. The lowest BCUT2D eigenvalue weighted by atomic mass is 10.4. The fourth-order valence-electron chi connectivity index (χ4n) is 0.165. The van der Waals surface area contributed by atoms with E-state index in [0.29, 0.717) is 0 Å². The minimum atomic E-state index is -1.77. The fraction of sp³-hybridized carbons (Fsp3) is 1.00. The van der Waals surface area contributed by atoms with E-state index in [9.17, 15) is 10.1 Å². The number of nitro groups is 2. The molecule has 0 radical (unpaired) electrons. The van der Waals surface area contributed by atoms with Gasteiger partial charge in [-0.15, -0.1) is 0 Å². The maximum Gasteiger partial charge on any atom is 0.319 e. The van der Waals surface area contributed by atoms with Crippen LogP contribution in [0.5, 0.6) is 0 Å². The largest absolute Gasteiger partial charge is 0.388 e. The molecule has 0 rings (SSSR count). The predicted octanol–water partition coefficient (Wildman–Crippen LogP) is -0.768. The molecule has 0 unspecified atom stereocenters. The monoisotopic (exact) mass is 260 g/mol. The molecule has 0 atom stereocenters. The van der Waals surface area contributed by atoms with Crippen LogP contribution in [0.25, 0.3) is 0 Å². The Morgan fingerprint density at radius 1 is 1.31 bits per heavy atom. The van der Waals surface area contributed by atoms with E-state index in [1.165, 1.54) is 0 Å². The van der Waals surface area contributed by atoms with Crippen LogP contribution in [0.1, 0.15) is 0 Å². The minimum Gasteiger partial charge on any atom is -0.388 e. The van der Waals surface area contributed by atoms with Gasteiger partial charge in [-0.2, -0.15) is 0 Å². The molecule has 9 heteroatoms. The number of rotatable bonds is 3. The first-order valence-electron chi connectivity index (χ1n) is 2.93. The highest BCUT2D eigenvalue weighted by Gasteiger charge is 2.38. The zero-order valence-electron chi connectivity index (χ0n) is 6.71. The van der Waals surface area contributed by atoms with Gasteiger partial charge in [0.15, 0.2) is 7.05 Å². The highest BCUT2D eigenvalue weighted by atomic mass is 79.9. The lowest BCUT2D eigenvalue weighted by Gasteiger charge is -2.11. The third-order valence-corrected chi connectivity index (χ3v) is 1.60. The molecule has 0 saturated carbocycles. The van der Waals surface area contributed by atoms with Gasteiger partial charge in [0.2, 0.25) is 0 Å². The molecule has 0 aromatic rings. The normalized spacial score (nSPS) is 9.85. The second kappa shape index (κ2) is 6.69. The summed E-state index contributed by atoms with van der Waals surface area (Å²) in [5.41, 5.74) is 0. The summed E-state index contributed by atoms with van der Waals surface area (Å²) in [5.74, 6) is 0. The van der Waals surface area contributed by atoms with Crippen molar-refractivity contribution < 1.29 is 20.1 Å². The van der Waals surface area contributed by atoms with Gasteiger partial charge in [0.25, 0.3) is 0 Å². The van der Waals surface area contributed by atoms with Crippen LogP contribution in [0.3, 0.4) is 0 Å². The summed E-state index contributed by atoms with van der Waals surface area (Å²) in [6.07, 6.45) is 0. The molecule has 0 aliphatic carbocycles. The van der Waals surface area contributed by atoms with Crippen molar-refractivity contribution in [3.8, 4) is 0 Å². The van der Waals surface area contributed by atoms with Crippen molar-refractivity contribution in [2.24, 2.45) is 0 Å². The lowest BCUT2D eigenvalue weighted by Crippen LogP contribution is -2.39. The number of hydrogen-bond donors (Lipinski definition) is 2. The van der Waals surface area contributed by atoms with E-state index in [0.717, 1.165) is 7.05 Å². The van der Waals surface area contributed by atoms with Crippen LogP contribution in [0.4, 0.5) is 0 Å². The van der Waals surface area contributed by atoms with Crippen molar-refractivity contribution in [1.29, 1.82) is 0 Å². The lowest BCUT2D eigenvalue weighted by molar-refractivity contribution is -0.542. The van der Waals surface area contributed by atoms with E-state index in [1.54, 1.807) is 0 Å². The third kappa shape index (κ3) is 7.56. The van der Waals surface area contributed by atoms with E-state index >= 15 is 0 Å². The van der Waals surface area contributed by atoms with Crippen molar-refractivity contribution >= 4 is 15.9 Å². The summed E-state index contributed by atoms with van der Waals surface area (Å²) >= 11 is 2.55. The Kier molecular flexibility index (Phi) is 7.57. The number of aliphatic hydroxyl groups excluding tert-OH is 2. The highest BCUT2D eigenvalue weighted by Crippen LogP contribution is 2.15. The molecule has 78 valence electrons. The molecule has 2 N–H and O–H groups in total. The molecule has 0 aromatic carbocycles. The molecule has 0 fully saturated rings. The van der Waals surface area contributed by atoms with Crippen molar-refractivity contribution in [3.63, 3.8) is 0 Å². The van der Waals surface area contributed by atoms with Gasteiger partial charge in [0, 0.05) is 25.8 Å². The number of halogens is 1. The molecular weight excluding hydrogens is 252 g/mol. The molecule has 0 amide bonds. The number of hydrogen-bond acceptors (Lipinski definition) is 6. The Morgan fingerprint density at radius 2 is 1.54 bits per heavy atom. The van der Waals surface area contributed by atoms with Crippen LogP contribution in [0.2, 0.25) is 0 Å². The van der Waals surface area contributed by atoms with Crippen LogP contribution in [0, 0.1) is 20.2 Å². The number of alkyl halides is 1. The van der Waals surface area contributed by atoms with Crippen LogP contribution in [0.15, 0.2) is 0 Å². The van der Waals surface area contributed by atoms with Gasteiger partial charge in [-0.25, -0.2) is 0 Å². The molecule has 0 aromatic heterocycles. The average Bonchev–Trinajstić information content (AvgIpc) is 2.01. The average molecular weight is 261 g/mol. The minimum absolute atomic E-state index is 0.500. The Bertz CT molecular complexity index is 177. The summed E-state index contributed by atoms with van der Waals surface area (Å²) in [6, 6.07) is 0. The second-order valence-corrected chi connectivity index (χ2v) is 3.41. The summed E-state index contributed by atoms with van der Waals surface area (Å²) in [6.45, 7) is -1.45. The maximum absolute atomic E-state index is 9.92. The van der Waals surface area contributed by atoms with E-state index in [2.05, 4.69) is 15.9 Å². The van der Waals surface area contributed by atoms with E-state index in [-0.39, 0.29) is 0 Å². The standard InChI is InChI=1S/C3H6BrNO4.CH3NO2/c4-3(1-6,2-7)5(8)9;1-2(3)4/h6-7H,1-2H2;1H3. The van der Waals surface area contributed by atoms with Gasteiger partial charge >= 0.3 is 4.45 Å². The molecule has 0 heterocycles.